The Balaban J connectivity index is 1.61. The highest BCUT2D eigenvalue weighted by atomic mass is 79.9. The molecule has 0 bridgehead atoms. The summed E-state index contributed by atoms with van der Waals surface area (Å²) in [5.41, 5.74) is 1.51. The lowest BCUT2D eigenvalue weighted by molar-refractivity contribution is 0.363. The summed E-state index contributed by atoms with van der Waals surface area (Å²) in [7, 11) is 0. The van der Waals surface area contributed by atoms with Crippen LogP contribution in [0, 0.1) is 0 Å². The second kappa shape index (κ2) is 7.25. The standard InChI is InChI=1S/C19H14BrClN4O2/c1-11(12-2-5-14(21)6-3-12)18-23-17(27-24-18)9-25-10-22-16-7-4-13(20)8-15(16)19(25)26/h2-8,10-11H,9H2,1H3. The zero-order valence-electron chi connectivity index (χ0n) is 14.3. The predicted molar refractivity (Wildman–Crippen MR) is 106 cm³/mol. The van der Waals surface area contributed by atoms with Gasteiger partial charge in [-0.1, -0.05) is 51.7 Å². The number of hydrogen-bond acceptors (Lipinski definition) is 5. The molecule has 0 saturated heterocycles. The van der Waals surface area contributed by atoms with Gasteiger partial charge in [-0.25, -0.2) is 4.98 Å². The van der Waals surface area contributed by atoms with E-state index in [1.54, 1.807) is 12.1 Å². The maximum Gasteiger partial charge on any atom is 0.261 e. The molecular weight excluding hydrogens is 432 g/mol. The maximum absolute atomic E-state index is 12.7. The van der Waals surface area contributed by atoms with Gasteiger partial charge in [0.25, 0.3) is 5.56 Å². The fourth-order valence-electron chi connectivity index (χ4n) is 2.80. The van der Waals surface area contributed by atoms with Crippen LogP contribution in [0.5, 0.6) is 0 Å². The molecule has 0 fully saturated rings. The monoisotopic (exact) mass is 444 g/mol. The molecule has 0 aliphatic carbocycles. The fraction of sp³-hybridized carbons (Fsp3) is 0.158. The van der Waals surface area contributed by atoms with Crippen LogP contribution in [-0.4, -0.2) is 19.7 Å². The van der Waals surface area contributed by atoms with Crippen molar-refractivity contribution in [2.24, 2.45) is 0 Å². The number of benzene rings is 2. The highest BCUT2D eigenvalue weighted by Crippen LogP contribution is 2.23. The average molecular weight is 446 g/mol. The molecule has 136 valence electrons. The van der Waals surface area contributed by atoms with Crippen LogP contribution in [-0.2, 0) is 6.54 Å². The van der Waals surface area contributed by atoms with Crippen molar-refractivity contribution in [2.75, 3.05) is 0 Å². The van der Waals surface area contributed by atoms with Crippen LogP contribution in [0.4, 0.5) is 0 Å². The molecule has 0 aliphatic heterocycles. The van der Waals surface area contributed by atoms with Crippen molar-refractivity contribution in [1.82, 2.24) is 19.7 Å². The summed E-state index contributed by atoms with van der Waals surface area (Å²) >= 11 is 9.31. The third-order valence-corrected chi connectivity index (χ3v) is 5.08. The van der Waals surface area contributed by atoms with E-state index in [4.69, 9.17) is 16.1 Å². The Bertz CT molecular complexity index is 1170. The van der Waals surface area contributed by atoms with Gasteiger partial charge in [-0.15, -0.1) is 0 Å². The van der Waals surface area contributed by atoms with E-state index < -0.39 is 0 Å². The second-order valence-electron chi connectivity index (χ2n) is 6.16. The molecule has 2 aromatic heterocycles. The molecule has 4 aromatic rings. The van der Waals surface area contributed by atoms with E-state index in [2.05, 4.69) is 31.1 Å². The first kappa shape index (κ1) is 17.9. The molecule has 4 rings (SSSR count). The fourth-order valence-corrected chi connectivity index (χ4v) is 3.29. The van der Waals surface area contributed by atoms with Crippen molar-refractivity contribution in [2.45, 2.75) is 19.4 Å². The molecule has 0 amide bonds. The maximum atomic E-state index is 12.7. The van der Waals surface area contributed by atoms with Crippen molar-refractivity contribution in [1.29, 1.82) is 0 Å². The summed E-state index contributed by atoms with van der Waals surface area (Å²) in [5.74, 6) is 0.850. The number of fused-ring (bicyclic) bond motifs is 1. The van der Waals surface area contributed by atoms with Crippen molar-refractivity contribution < 1.29 is 4.52 Å². The molecule has 2 aromatic carbocycles. The number of rotatable bonds is 4. The minimum absolute atomic E-state index is 0.0535. The van der Waals surface area contributed by atoms with Gasteiger partial charge in [0.15, 0.2) is 5.82 Å². The van der Waals surface area contributed by atoms with Gasteiger partial charge in [0, 0.05) is 15.4 Å². The molecule has 8 heteroatoms. The van der Waals surface area contributed by atoms with Gasteiger partial charge < -0.3 is 4.52 Å². The van der Waals surface area contributed by atoms with Crippen LogP contribution < -0.4 is 5.56 Å². The molecule has 1 unspecified atom stereocenters. The number of hydrogen-bond donors (Lipinski definition) is 0. The summed E-state index contributed by atoms with van der Waals surface area (Å²) in [6.45, 7) is 2.15. The topological polar surface area (TPSA) is 73.8 Å². The Morgan fingerprint density at radius 3 is 2.78 bits per heavy atom. The average Bonchev–Trinajstić information content (AvgIpc) is 3.13. The van der Waals surface area contributed by atoms with Crippen LogP contribution in [0.2, 0.25) is 5.02 Å². The predicted octanol–water partition coefficient (Wildman–Crippen LogP) is 4.40. The molecule has 0 aliphatic rings. The SMILES string of the molecule is CC(c1ccc(Cl)cc1)c1noc(Cn2cnc3ccc(Br)cc3c2=O)n1. The Hall–Kier alpha value is -2.51. The van der Waals surface area contributed by atoms with E-state index in [-0.39, 0.29) is 18.0 Å². The lowest BCUT2D eigenvalue weighted by Gasteiger charge is -2.06. The molecular formula is C19H14BrClN4O2. The molecule has 0 radical (unpaired) electrons. The van der Waals surface area contributed by atoms with Crippen LogP contribution in [0.15, 0.2) is 62.6 Å². The van der Waals surface area contributed by atoms with Crippen LogP contribution in [0.25, 0.3) is 10.9 Å². The van der Waals surface area contributed by atoms with E-state index >= 15 is 0 Å². The van der Waals surface area contributed by atoms with Crippen molar-refractivity contribution >= 4 is 38.4 Å². The molecule has 1 atom stereocenters. The number of aromatic nitrogens is 4. The second-order valence-corrected chi connectivity index (χ2v) is 7.51. The highest BCUT2D eigenvalue weighted by Gasteiger charge is 2.16. The van der Waals surface area contributed by atoms with Gasteiger partial charge in [-0.3, -0.25) is 9.36 Å². The highest BCUT2D eigenvalue weighted by molar-refractivity contribution is 9.10. The van der Waals surface area contributed by atoms with E-state index in [9.17, 15) is 4.79 Å². The first-order valence-electron chi connectivity index (χ1n) is 8.24. The minimum atomic E-state index is -0.160. The normalized spacial score (nSPS) is 12.4. The Morgan fingerprint density at radius 2 is 2.00 bits per heavy atom. The Morgan fingerprint density at radius 1 is 1.22 bits per heavy atom. The van der Waals surface area contributed by atoms with Crippen LogP contribution in [0.3, 0.4) is 0 Å². The van der Waals surface area contributed by atoms with Crippen LogP contribution in [0.1, 0.15) is 30.1 Å². The van der Waals surface area contributed by atoms with Gasteiger partial charge in [0.2, 0.25) is 5.89 Å². The first-order valence-corrected chi connectivity index (χ1v) is 9.41. The third kappa shape index (κ3) is 3.65. The van der Waals surface area contributed by atoms with E-state index in [1.807, 2.05) is 37.3 Å². The number of halogens is 2. The van der Waals surface area contributed by atoms with Crippen molar-refractivity contribution in [3.05, 3.63) is 85.9 Å². The van der Waals surface area contributed by atoms with Gasteiger partial charge in [0.1, 0.15) is 6.54 Å². The molecule has 0 spiro atoms. The Kier molecular flexibility index (Phi) is 4.80. The van der Waals surface area contributed by atoms with Crippen molar-refractivity contribution in [3.63, 3.8) is 0 Å². The van der Waals surface area contributed by atoms with Gasteiger partial charge in [-0.05, 0) is 35.9 Å². The molecule has 6 nitrogen and oxygen atoms in total. The van der Waals surface area contributed by atoms with Crippen LogP contribution >= 0.6 is 27.5 Å². The van der Waals surface area contributed by atoms with Crippen molar-refractivity contribution in [3.8, 4) is 0 Å². The van der Waals surface area contributed by atoms with Gasteiger partial charge in [0.05, 0.1) is 17.2 Å². The smallest absolute Gasteiger partial charge is 0.261 e. The summed E-state index contributed by atoms with van der Waals surface area (Å²) in [4.78, 5) is 21.4. The minimum Gasteiger partial charge on any atom is -0.337 e. The largest absolute Gasteiger partial charge is 0.337 e. The van der Waals surface area contributed by atoms with E-state index in [0.29, 0.717) is 27.6 Å². The summed E-state index contributed by atoms with van der Waals surface area (Å²) in [6.07, 6.45) is 1.49. The molecule has 0 saturated carbocycles. The van der Waals surface area contributed by atoms with E-state index in [1.165, 1.54) is 10.9 Å². The zero-order valence-corrected chi connectivity index (χ0v) is 16.6. The quantitative estimate of drug-likeness (QED) is 0.465. The zero-order chi connectivity index (χ0) is 19.0. The molecule has 2 heterocycles. The summed E-state index contributed by atoms with van der Waals surface area (Å²) in [5, 5.41) is 5.26. The third-order valence-electron chi connectivity index (χ3n) is 4.33. The summed E-state index contributed by atoms with van der Waals surface area (Å²) < 4.78 is 7.62. The lowest BCUT2D eigenvalue weighted by Crippen LogP contribution is -2.21. The molecule has 0 N–H and O–H groups in total. The van der Waals surface area contributed by atoms with Gasteiger partial charge in [-0.2, -0.15) is 4.98 Å². The summed E-state index contributed by atoms with van der Waals surface area (Å²) in [6, 6.07) is 12.9. The Labute approximate surface area is 167 Å². The number of nitrogens with zero attached hydrogens (tertiary/aromatic N) is 4. The van der Waals surface area contributed by atoms with Gasteiger partial charge >= 0.3 is 0 Å². The molecule has 27 heavy (non-hydrogen) atoms. The first-order chi connectivity index (χ1) is 13.0. The van der Waals surface area contributed by atoms with E-state index in [0.717, 1.165) is 10.0 Å². The lowest BCUT2D eigenvalue weighted by atomic mass is 10.0.